The molecule has 19 heavy (non-hydrogen) atoms. The first kappa shape index (κ1) is 11.1. The third-order valence-corrected chi connectivity index (χ3v) is 3.83. The van der Waals surface area contributed by atoms with E-state index in [0.717, 1.165) is 5.56 Å². The Balaban J connectivity index is 2.11. The summed E-state index contributed by atoms with van der Waals surface area (Å²) < 4.78 is 8.44. The first-order valence-electron chi connectivity index (χ1n) is 6.05. The number of aliphatic hydroxyl groups is 2. The lowest BCUT2D eigenvalue weighted by Gasteiger charge is -2.19. The van der Waals surface area contributed by atoms with E-state index in [2.05, 4.69) is 10.3 Å². The molecule has 0 saturated carbocycles. The first-order valence-corrected chi connectivity index (χ1v) is 6.05. The maximum Gasteiger partial charge on any atom is 0.254 e. The Kier molecular flexibility index (Phi) is 1.99. The fourth-order valence-corrected chi connectivity index (χ4v) is 2.86. The van der Waals surface area contributed by atoms with Crippen LogP contribution in [-0.4, -0.2) is 48.1 Å². The molecule has 8 nitrogen and oxygen atoms in total. The highest BCUT2D eigenvalue weighted by Crippen LogP contribution is 2.34. The van der Waals surface area contributed by atoms with E-state index in [0.29, 0.717) is 11.2 Å². The smallest absolute Gasteiger partial charge is 0.254 e. The van der Waals surface area contributed by atoms with Crippen molar-refractivity contribution in [3.8, 4) is 0 Å². The molecule has 2 bridgehead atoms. The van der Waals surface area contributed by atoms with Crippen molar-refractivity contribution in [1.82, 2.24) is 19.6 Å². The molecule has 4 atom stereocenters. The van der Waals surface area contributed by atoms with Gasteiger partial charge in [0, 0.05) is 6.07 Å². The minimum absolute atomic E-state index is 0.258. The van der Waals surface area contributed by atoms with Gasteiger partial charge in [0.25, 0.3) is 5.56 Å². The normalized spacial score (nSPS) is 32.8. The van der Waals surface area contributed by atoms with E-state index in [1.54, 1.807) is 11.6 Å². The lowest BCUT2D eigenvalue weighted by atomic mass is 10.1. The van der Waals surface area contributed by atoms with Gasteiger partial charge in [0.15, 0.2) is 11.9 Å². The predicted octanol–water partition coefficient (Wildman–Crippen LogP) is -1.47. The number of fused-ring (bicyclic) bond motifs is 3. The second kappa shape index (κ2) is 3.41. The van der Waals surface area contributed by atoms with Crippen LogP contribution in [0.4, 0.5) is 0 Å². The number of ether oxygens (including phenoxy) is 1. The van der Waals surface area contributed by atoms with Crippen molar-refractivity contribution in [2.45, 2.75) is 38.0 Å². The number of hydrogen-bond acceptors (Lipinski definition) is 6. The van der Waals surface area contributed by atoms with Crippen LogP contribution in [0, 0.1) is 6.92 Å². The van der Waals surface area contributed by atoms with E-state index >= 15 is 0 Å². The summed E-state index contributed by atoms with van der Waals surface area (Å²) >= 11 is 0. The number of aryl methyl sites for hydroxylation is 1. The number of nitrogens with zero attached hydrogens (tertiary/aromatic N) is 4. The zero-order valence-electron chi connectivity index (χ0n) is 10.1. The van der Waals surface area contributed by atoms with Gasteiger partial charge in [-0.15, -0.1) is 5.10 Å². The fourth-order valence-electron chi connectivity index (χ4n) is 2.86. The third-order valence-electron chi connectivity index (χ3n) is 3.83. The molecule has 0 radical (unpaired) electrons. The lowest BCUT2D eigenvalue weighted by Crippen LogP contribution is -2.38. The van der Waals surface area contributed by atoms with Gasteiger partial charge in [0.2, 0.25) is 0 Å². The third kappa shape index (κ3) is 1.25. The van der Waals surface area contributed by atoms with Crippen molar-refractivity contribution in [2.24, 2.45) is 0 Å². The molecule has 1 fully saturated rings. The average molecular weight is 264 g/mol. The SMILES string of the molecule is Cc1cc(=O)n2c3c1nnn3C[C@H]1O[C@H]2C(O)C1O. The topological polar surface area (TPSA) is 102 Å². The van der Waals surface area contributed by atoms with Gasteiger partial charge in [-0.3, -0.25) is 9.36 Å². The molecule has 2 N–H and O–H groups in total. The van der Waals surface area contributed by atoms with Gasteiger partial charge in [-0.05, 0) is 12.5 Å². The Hall–Kier alpha value is -1.77. The summed E-state index contributed by atoms with van der Waals surface area (Å²) in [5.41, 5.74) is 1.57. The lowest BCUT2D eigenvalue weighted by molar-refractivity contribution is -0.0351. The van der Waals surface area contributed by atoms with E-state index in [1.165, 1.54) is 10.6 Å². The standard InChI is InChI=1S/C11H12N4O4/c1-4-2-6(16)15-10-7(4)12-13-14(10)3-5-8(17)9(18)11(15)19-5/h2,5,8-9,11,17-18H,3H2,1H3/t5-,8?,9?,11+/m1/s1. The van der Waals surface area contributed by atoms with Crippen LogP contribution in [0.3, 0.4) is 0 Å². The van der Waals surface area contributed by atoms with E-state index in [-0.39, 0.29) is 12.1 Å². The molecule has 2 aliphatic heterocycles. The van der Waals surface area contributed by atoms with Crippen molar-refractivity contribution in [2.75, 3.05) is 0 Å². The van der Waals surface area contributed by atoms with Gasteiger partial charge in [0.1, 0.15) is 23.8 Å². The molecule has 0 aromatic carbocycles. The van der Waals surface area contributed by atoms with Gasteiger partial charge >= 0.3 is 0 Å². The number of rotatable bonds is 0. The zero-order valence-corrected chi connectivity index (χ0v) is 10.1. The van der Waals surface area contributed by atoms with Gasteiger partial charge in [-0.2, -0.15) is 0 Å². The van der Waals surface area contributed by atoms with E-state index < -0.39 is 24.5 Å². The summed E-state index contributed by atoms with van der Waals surface area (Å²) in [4.78, 5) is 12.2. The van der Waals surface area contributed by atoms with Gasteiger partial charge < -0.3 is 14.9 Å². The van der Waals surface area contributed by atoms with E-state index in [9.17, 15) is 15.0 Å². The van der Waals surface area contributed by atoms with Crippen LogP contribution in [0.1, 0.15) is 11.8 Å². The fraction of sp³-hybridized carbons (Fsp3) is 0.545. The Morgan fingerprint density at radius 3 is 3.00 bits per heavy atom. The zero-order chi connectivity index (χ0) is 13.3. The molecule has 8 heteroatoms. The molecule has 2 unspecified atom stereocenters. The van der Waals surface area contributed by atoms with Crippen LogP contribution < -0.4 is 5.56 Å². The van der Waals surface area contributed by atoms with Crippen LogP contribution in [0.2, 0.25) is 0 Å². The number of aliphatic hydroxyl groups excluding tert-OH is 2. The minimum Gasteiger partial charge on any atom is -0.387 e. The minimum atomic E-state index is -1.13. The quantitative estimate of drug-likeness (QED) is 0.602. The molecule has 1 saturated heterocycles. The van der Waals surface area contributed by atoms with Crippen LogP contribution in [-0.2, 0) is 11.3 Å². The summed E-state index contributed by atoms with van der Waals surface area (Å²) in [5, 5.41) is 28.0. The Morgan fingerprint density at radius 2 is 2.21 bits per heavy atom. The largest absolute Gasteiger partial charge is 0.387 e. The van der Waals surface area contributed by atoms with Gasteiger partial charge in [-0.1, -0.05) is 5.21 Å². The molecule has 2 aliphatic rings. The van der Waals surface area contributed by atoms with Gasteiger partial charge in [-0.25, -0.2) is 4.68 Å². The molecule has 100 valence electrons. The predicted molar refractivity (Wildman–Crippen MR) is 62.4 cm³/mol. The highest BCUT2D eigenvalue weighted by Gasteiger charge is 2.47. The number of hydrogen-bond donors (Lipinski definition) is 2. The average Bonchev–Trinajstić information content (AvgIpc) is 2.82. The molecule has 0 spiro atoms. The molecular formula is C11H12N4O4. The number of aromatic nitrogens is 4. The second-order valence-corrected chi connectivity index (χ2v) is 5.03. The Morgan fingerprint density at radius 1 is 1.42 bits per heavy atom. The number of pyridine rings is 1. The molecule has 0 amide bonds. The molecule has 0 aliphatic carbocycles. The summed E-state index contributed by atoms with van der Waals surface area (Å²) in [5.74, 6) is 0. The first-order chi connectivity index (χ1) is 9.08. The molecule has 2 aromatic heterocycles. The van der Waals surface area contributed by atoms with Crippen LogP contribution >= 0.6 is 0 Å². The van der Waals surface area contributed by atoms with E-state index in [4.69, 9.17) is 4.74 Å². The van der Waals surface area contributed by atoms with Crippen molar-refractivity contribution >= 4 is 11.2 Å². The Bertz CT molecular complexity index is 736. The molecular weight excluding hydrogens is 252 g/mol. The highest BCUT2D eigenvalue weighted by molar-refractivity contribution is 5.74. The highest BCUT2D eigenvalue weighted by atomic mass is 16.6. The van der Waals surface area contributed by atoms with Crippen LogP contribution in [0.25, 0.3) is 11.2 Å². The maximum atomic E-state index is 12.2. The molecule has 2 aromatic rings. The summed E-state index contributed by atoms with van der Waals surface area (Å²) in [6.07, 6.45) is -3.65. The molecule has 4 rings (SSSR count). The van der Waals surface area contributed by atoms with Crippen LogP contribution in [0.15, 0.2) is 10.9 Å². The summed E-state index contributed by atoms with van der Waals surface area (Å²) in [6.45, 7) is 2.05. The summed E-state index contributed by atoms with van der Waals surface area (Å²) in [7, 11) is 0. The van der Waals surface area contributed by atoms with Crippen LogP contribution in [0.5, 0.6) is 0 Å². The van der Waals surface area contributed by atoms with Crippen molar-refractivity contribution in [3.63, 3.8) is 0 Å². The maximum absolute atomic E-state index is 12.2. The van der Waals surface area contributed by atoms with E-state index in [1.807, 2.05) is 0 Å². The van der Waals surface area contributed by atoms with Crippen molar-refractivity contribution in [1.29, 1.82) is 0 Å². The Labute approximate surface area is 106 Å². The second-order valence-electron chi connectivity index (χ2n) is 5.03. The van der Waals surface area contributed by atoms with Gasteiger partial charge in [0.05, 0.1) is 6.54 Å². The summed E-state index contributed by atoms with van der Waals surface area (Å²) in [6, 6.07) is 1.43. The molecule has 4 heterocycles. The monoisotopic (exact) mass is 264 g/mol. The van der Waals surface area contributed by atoms with Crippen molar-refractivity contribution < 1.29 is 14.9 Å². The van der Waals surface area contributed by atoms with Crippen molar-refractivity contribution in [3.05, 3.63) is 22.0 Å².